The van der Waals surface area contributed by atoms with Gasteiger partial charge in [0.25, 0.3) is 5.91 Å². The Balaban J connectivity index is 2.64. The summed E-state index contributed by atoms with van der Waals surface area (Å²) in [4.78, 5) is 15.8. The average Bonchev–Trinajstić information content (AvgIpc) is 2.27. The van der Waals surface area contributed by atoms with E-state index in [1.807, 2.05) is 13.8 Å². The van der Waals surface area contributed by atoms with Gasteiger partial charge in [0, 0.05) is 19.9 Å². The highest BCUT2D eigenvalue weighted by molar-refractivity contribution is 9.10. The number of halogens is 1. The topological polar surface area (TPSA) is 51.2 Å². The van der Waals surface area contributed by atoms with E-state index in [4.69, 9.17) is 4.74 Å². The van der Waals surface area contributed by atoms with Crippen molar-refractivity contribution in [2.75, 3.05) is 13.7 Å². The molecule has 0 aliphatic rings. The number of nitrogens with one attached hydrogen (secondary N) is 1. The number of hydrogen-bond donors (Lipinski definition) is 1. The minimum atomic E-state index is -0.371. The number of amides is 1. The molecule has 1 heterocycles. The normalized spacial score (nSPS) is 11.2. The minimum Gasteiger partial charge on any atom is -0.377 e. The third-order valence-corrected chi connectivity index (χ3v) is 2.86. The molecule has 1 amide bonds. The number of nitrogens with zero attached hydrogens (tertiary/aromatic N) is 1. The van der Waals surface area contributed by atoms with Crippen LogP contribution in [0.1, 0.15) is 24.2 Å². The maximum absolute atomic E-state index is 11.8. The molecule has 0 unspecified atom stereocenters. The van der Waals surface area contributed by atoms with Crippen molar-refractivity contribution >= 4 is 21.8 Å². The number of pyridine rings is 1. The lowest BCUT2D eigenvalue weighted by atomic mass is 10.1. The standard InChI is InChI=1S/C11H15BrN2O2/c1-11(2,16-3)7-14-10(15)8-5-4-6-13-9(8)12/h4-6H,7H2,1-3H3,(H,14,15). The number of aromatic nitrogens is 1. The van der Waals surface area contributed by atoms with Crippen LogP contribution in [-0.4, -0.2) is 30.1 Å². The summed E-state index contributed by atoms with van der Waals surface area (Å²) in [5, 5.41) is 2.80. The fourth-order valence-electron chi connectivity index (χ4n) is 1.02. The highest BCUT2D eigenvalue weighted by atomic mass is 79.9. The van der Waals surface area contributed by atoms with E-state index in [-0.39, 0.29) is 11.5 Å². The molecule has 0 aliphatic carbocycles. The second kappa shape index (κ2) is 5.41. The van der Waals surface area contributed by atoms with E-state index in [0.29, 0.717) is 16.7 Å². The molecule has 0 spiro atoms. The van der Waals surface area contributed by atoms with E-state index < -0.39 is 0 Å². The highest BCUT2D eigenvalue weighted by Crippen LogP contribution is 2.12. The molecule has 4 nitrogen and oxygen atoms in total. The van der Waals surface area contributed by atoms with Gasteiger partial charge in [-0.25, -0.2) is 4.98 Å². The summed E-state index contributed by atoms with van der Waals surface area (Å²) in [7, 11) is 1.62. The summed E-state index contributed by atoms with van der Waals surface area (Å²) in [5.41, 5.74) is 0.152. The summed E-state index contributed by atoms with van der Waals surface area (Å²) < 4.78 is 5.76. The minimum absolute atomic E-state index is 0.162. The molecule has 0 bridgehead atoms. The Kier molecular flexibility index (Phi) is 4.44. The summed E-state index contributed by atoms with van der Waals surface area (Å²) in [5.74, 6) is -0.162. The number of carbonyl (C=O) groups excluding carboxylic acids is 1. The molecule has 0 atom stereocenters. The van der Waals surface area contributed by atoms with Crippen molar-refractivity contribution in [2.24, 2.45) is 0 Å². The van der Waals surface area contributed by atoms with Crippen LogP contribution in [-0.2, 0) is 4.74 Å². The molecule has 1 aromatic rings. The molecule has 1 N–H and O–H groups in total. The molecular weight excluding hydrogens is 272 g/mol. The number of hydrogen-bond acceptors (Lipinski definition) is 3. The van der Waals surface area contributed by atoms with Crippen LogP contribution < -0.4 is 5.32 Å². The van der Waals surface area contributed by atoms with Gasteiger partial charge < -0.3 is 10.1 Å². The van der Waals surface area contributed by atoms with Crippen molar-refractivity contribution in [3.8, 4) is 0 Å². The molecule has 0 fully saturated rings. The van der Waals surface area contributed by atoms with Crippen LogP contribution in [0.3, 0.4) is 0 Å². The van der Waals surface area contributed by atoms with Crippen molar-refractivity contribution in [3.63, 3.8) is 0 Å². The second-order valence-electron chi connectivity index (χ2n) is 3.99. The zero-order valence-electron chi connectivity index (χ0n) is 9.58. The van der Waals surface area contributed by atoms with E-state index in [9.17, 15) is 4.79 Å². The van der Waals surface area contributed by atoms with Crippen molar-refractivity contribution in [1.29, 1.82) is 0 Å². The van der Waals surface area contributed by atoms with Crippen molar-refractivity contribution < 1.29 is 9.53 Å². The fourth-order valence-corrected chi connectivity index (χ4v) is 1.45. The largest absolute Gasteiger partial charge is 0.377 e. The van der Waals surface area contributed by atoms with Gasteiger partial charge in [0.1, 0.15) is 4.60 Å². The number of rotatable bonds is 4. The summed E-state index contributed by atoms with van der Waals surface area (Å²) in [6, 6.07) is 3.44. The van der Waals surface area contributed by atoms with Gasteiger partial charge in [-0.3, -0.25) is 4.79 Å². The molecule has 1 aromatic heterocycles. The third kappa shape index (κ3) is 3.57. The van der Waals surface area contributed by atoms with Crippen LogP contribution in [0.2, 0.25) is 0 Å². The number of methoxy groups -OCH3 is 1. The smallest absolute Gasteiger partial charge is 0.254 e. The maximum atomic E-state index is 11.8. The van der Waals surface area contributed by atoms with E-state index in [1.165, 1.54) is 0 Å². The van der Waals surface area contributed by atoms with E-state index in [1.54, 1.807) is 25.4 Å². The maximum Gasteiger partial charge on any atom is 0.254 e. The predicted molar refractivity (Wildman–Crippen MR) is 65.4 cm³/mol. The first-order chi connectivity index (χ1) is 7.46. The molecule has 0 saturated heterocycles. The molecule has 0 radical (unpaired) electrons. The van der Waals surface area contributed by atoms with Gasteiger partial charge in [-0.05, 0) is 41.9 Å². The van der Waals surface area contributed by atoms with Crippen LogP contribution >= 0.6 is 15.9 Å². The first kappa shape index (κ1) is 13.1. The van der Waals surface area contributed by atoms with Gasteiger partial charge in [-0.2, -0.15) is 0 Å². The Bertz CT molecular complexity index is 380. The van der Waals surface area contributed by atoms with Crippen LogP contribution in [0.15, 0.2) is 22.9 Å². The van der Waals surface area contributed by atoms with Crippen molar-refractivity contribution in [1.82, 2.24) is 10.3 Å². The van der Waals surface area contributed by atoms with Crippen molar-refractivity contribution in [2.45, 2.75) is 19.4 Å². The zero-order chi connectivity index (χ0) is 12.2. The monoisotopic (exact) mass is 286 g/mol. The van der Waals surface area contributed by atoms with Gasteiger partial charge in [-0.1, -0.05) is 0 Å². The number of carbonyl (C=O) groups is 1. The Hall–Kier alpha value is -0.940. The Labute approximate surface area is 104 Å². The van der Waals surface area contributed by atoms with Gasteiger partial charge >= 0.3 is 0 Å². The van der Waals surface area contributed by atoms with Crippen LogP contribution in [0.5, 0.6) is 0 Å². The molecule has 0 aromatic carbocycles. The molecule has 0 saturated carbocycles. The summed E-state index contributed by atoms with van der Waals surface area (Å²) in [6.07, 6.45) is 1.62. The Morgan fingerprint density at radius 1 is 1.62 bits per heavy atom. The van der Waals surface area contributed by atoms with Crippen LogP contribution in [0.4, 0.5) is 0 Å². The fraction of sp³-hybridized carbons (Fsp3) is 0.455. The average molecular weight is 287 g/mol. The van der Waals surface area contributed by atoms with E-state index in [2.05, 4.69) is 26.2 Å². The van der Waals surface area contributed by atoms with Crippen LogP contribution in [0, 0.1) is 0 Å². The van der Waals surface area contributed by atoms with Crippen LogP contribution in [0.25, 0.3) is 0 Å². The molecule has 5 heteroatoms. The van der Waals surface area contributed by atoms with Gasteiger partial charge in [0.2, 0.25) is 0 Å². The first-order valence-corrected chi connectivity index (χ1v) is 5.69. The predicted octanol–water partition coefficient (Wildman–Crippen LogP) is 2.00. The van der Waals surface area contributed by atoms with Crippen molar-refractivity contribution in [3.05, 3.63) is 28.5 Å². The highest BCUT2D eigenvalue weighted by Gasteiger charge is 2.18. The third-order valence-electron chi connectivity index (χ3n) is 2.23. The lowest BCUT2D eigenvalue weighted by Crippen LogP contribution is -2.39. The van der Waals surface area contributed by atoms with Gasteiger partial charge in [0.15, 0.2) is 0 Å². The lowest BCUT2D eigenvalue weighted by molar-refractivity contribution is 0.0228. The second-order valence-corrected chi connectivity index (χ2v) is 4.74. The molecule has 16 heavy (non-hydrogen) atoms. The zero-order valence-corrected chi connectivity index (χ0v) is 11.2. The summed E-state index contributed by atoms with van der Waals surface area (Å²) >= 11 is 3.23. The quantitative estimate of drug-likeness (QED) is 0.862. The number of ether oxygens (including phenoxy) is 1. The Morgan fingerprint density at radius 3 is 2.88 bits per heavy atom. The van der Waals surface area contributed by atoms with Gasteiger partial charge in [-0.15, -0.1) is 0 Å². The first-order valence-electron chi connectivity index (χ1n) is 4.90. The van der Waals surface area contributed by atoms with Gasteiger partial charge in [0.05, 0.1) is 11.2 Å². The Morgan fingerprint density at radius 2 is 2.31 bits per heavy atom. The van der Waals surface area contributed by atoms with E-state index in [0.717, 1.165) is 0 Å². The molecule has 1 rings (SSSR count). The SMILES string of the molecule is COC(C)(C)CNC(=O)c1cccnc1Br. The summed E-state index contributed by atoms with van der Waals surface area (Å²) in [6.45, 7) is 4.26. The molecular formula is C11H15BrN2O2. The molecule has 0 aliphatic heterocycles. The lowest BCUT2D eigenvalue weighted by Gasteiger charge is -2.23. The molecule has 88 valence electrons. The van der Waals surface area contributed by atoms with E-state index >= 15 is 0 Å².